The summed E-state index contributed by atoms with van der Waals surface area (Å²) in [6, 6.07) is 4.56. The van der Waals surface area contributed by atoms with E-state index in [1.165, 1.54) is 0 Å². The molecular weight excluding hydrogens is 270 g/mol. The van der Waals surface area contributed by atoms with Crippen molar-refractivity contribution in [2.75, 3.05) is 26.9 Å². The second-order valence-electron chi connectivity index (χ2n) is 5.61. The Bertz CT molecular complexity index is 474. The first-order chi connectivity index (χ1) is 10.3. The summed E-state index contributed by atoms with van der Waals surface area (Å²) in [5.74, 6) is 2.23. The monoisotopic (exact) mass is 293 g/mol. The Labute approximate surface area is 125 Å². The first kappa shape index (κ1) is 14.5. The lowest BCUT2D eigenvalue weighted by Crippen LogP contribution is -2.37. The van der Waals surface area contributed by atoms with Crippen molar-refractivity contribution in [3.63, 3.8) is 0 Å². The molecule has 0 aromatic heterocycles. The molecule has 5 nitrogen and oxygen atoms in total. The van der Waals surface area contributed by atoms with Gasteiger partial charge in [-0.25, -0.2) is 0 Å². The van der Waals surface area contributed by atoms with E-state index in [4.69, 9.17) is 18.9 Å². The minimum Gasteiger partial charge on any atom is -0.493 e. The second kappa shape index (κ2) is 6.54. The fourth-order valence-electron chi connectivity index (χ4n) is 2.88. The van der Waals surface area contributed by atoms with E-state index in [0.717, 1.165) is 43.1 Å². The van der Waals surface area contributed by atoms with Crippen LogP contribution in [0.25, 0.3) is 0 Å². The Morgan fingerprint density at radius 2 is 2.10 bits per heavy atom. The largest absolute Gasteiger partial charge is 0.493 e. The number of nitrogens with one attached hydrogen (secondary N) is 1. The lowest BCUT2D eigenvalue weighted by atomic mass is 10.0. The molecule has 2 unspecified atom stereocenters. The van der Waals surface area contributed by atoms with Crippen LogP contribution in [-0.2, 0) is 11.3 Å². The number of ether oxygens (including phenoxy) is 4. The molecule has 0 bridgehead atoms. The van der Waals surface area contributed by atoms with Crippen LogP contribution < -0.4 is 19.5 Å². The summed E-state index contributed by atoms with van der Waals surface area (Å²) in [5.41, 5.74) is 1.15. The van der Waals surface area contributed by atoms with Crippen molar-refractivity contribution >= 4 is 0 Å². The summed E-state index contributed by atoms with van der Waals surface area (Å²) in [6.07, 6.45) is 2.46. The van der Waals surface area contributed by atoms with Crippen LogP contribution in [0.15, 0.2) is 12.1 Å². The molecule has 2 aliphatic heterocycles. The molecule has 0 spiro atoms. The maximum Gasteiger partial charge on any atom is 0.203 e. The van der Waals surface area contributed by atoms with E-state index in [2.05, 4.69) is 12.2 Å². The maximum absolute atomic E-state index is 5.66. The summed E-state index contributed by atoms with van der Waals surface area (Å²) in [7, 11) is 1.66. The molecule has 1 aromatic carbocycles. The summed E-state index contributed by atoms with van der Waals surface area (Å²) in [4.78, 5) is 0. The maximum atomic E-state index is 5.66. The van der Waals surface area contributed by atoms with Gasteiger partial charge in [-0.2, -0.15) is 0 Å². The zero-order chi connectivity index (χ0) is 14.7. The van der Waals surface area contributed by atoms with Gasteiger partial charge in [-0.1, -0.05) is 0 Å². The Morgan fingerprint density at radius 3 is 2.90 bits per heavy atom. The molecule has 2 heterocycles. The van der Waals surface area contributed by atoms with Crippen molar-refractivity contribution in [2.45, 2.75) is 38.5 Å². The third-order valence-corrected chi connectivity index (χ3v) is 3.97. The van der Waals surface area contributed by atoms with Gasteiger partial charge in [0.2, 0.25) is 5.75 Å². The second-order valence-corrected chi connectivity index (χ2v) is 5.61. The van der Waals surface area contributed by atoms with E-state index in [1.807, 2.05) is 12.1 Å². The zero-order valence-corrected chi connectivity index (χ0v) is 12.7. The number of hydrogen-bond donors (Lipinski definition) is 1. The lowest BCUT2D eigenvalue weighted by molar-refractivity contribution is 0.0130. The number of methoxy groups -OCH3 is 1. The number of rotatable bonds is 4. The number of fused-ring (bicyclic) bond motifs is 1. The fourth-order valence-corrected chi connectivity index (χ4v) is 2.88. The van der Waals surface area contributed by atoms with E-state index in [1.54, 1.807) is 7.11 Å². The average Bonchev–Trinajstić information content (AvgIpc) is 2.52. The molecule has 21 heavy (non-hydrogen) atoms. The molecule has 0 radical (unpaired) electrons. The molecular formula is C16H23NO4. The molecule has 1 fully saturated rings. The van der Waals surface area contributed by atoms with Crippen molar-refractivity contribution in [3.8, 4) is 17.2 Å². The van der Waals surface area contributed by atoms with Crippen molar-refractivity contribution in [1.29, 1.82) is 0 Å². The minimum atomic E-state index is 0.339. The van der Waals surface area contributed by atoms with Crippen LogP contribution in [0, 0.1) is 0 Å². The smallest absolute Gasteiger partial charge is 0.203 e. The van der Waals surface area contributed by atoms with Crippen LogP contribution in [0.2, 0.25) is 0 Å². The summed E-state index contributed by atoms with van der Waals surface area (Å²) in [5, 5.41) is 3.59. The van der Waals surface area contributed by atoms with Gasteiger partial charge >= 0.3 is 0 Å². The first-order valence-corrected chi connectivity index (χ1v) is 7.57. The van der Waals surface area contributed by atoms with Gasteiger partial charge in [-0.15, -0.1) is 0 Å². The third kappa shape index (κ3) is 3.41. The molecule has 0 aliphatic carbocycles. The Hall–Kier alpha value is -1.46. The molecule has 3 rings (SSSR count). The number of hydrogen-bond acceptors (Lipinski definition) is 5. The standard InChI is InChI=1S/C16H23NO4/c1-11-7-13(3-4-19-11)17-10-12-8-14(18-2)16-15(9-12)20-5-6-21-16/h8-9,11,13,17H,3-7,10H2,1-2H3. The van der Waals surface area contributed by atoms with Gasteiger partial charge in [-0.05, 0) is 37.5 Å². The molecule has 1 N–H and O–H groups in total. The summed E-state index contributed by atoms with van der Waals surface area (Å²) in [6.45, 7) is 4.92. The van der Waals surface area contributed by atoms with Crippen molar-refractivity contribution in [3.05, 3.63) is 17.7 Å². The highest BCUT2D eigenvalue weighted by atomic mass is 16.6. The van der Waals surface area contributed by atoms with Gasteiger partial charge in [0.05, 0.1) is 13.2 Å². The van der Waals surface area contributed by atoms with Gasteiger partial charge in [0.25, 0.3) is 0 Å². The van der Waals surface area contributed by atoms with Crippen LogP contribution in [0.1, 0.15) is 25.3 Å². The average molecular weight is 293 g/mol. The van der Waals surface area contributed by atoms with E-state index in [0.29, 0.717) is 31.1 Å². The van der Waals surface area contributed by atoms with Crippen LogP contribution in [0.5, 0.6) is 17.2 Å². The Morgan fingerprint density at radius 1 is 1.24 bits per heavy atom. The predicted molar refractivity (Wildman–Crippen MR) is 79.3 cm³/mol. The van der Waals surface area contributed by atoms with Crippen molar-refractivity contribution < 1.29 is 18.9 Å². The van der Waals surface area contributed by atoms with Crippen LogP contribution in [0.3, 0.4) is 0 Å². The molecule has 1 saturated heterocycles. The zero-order valence-electron chi connectivity index (χ0n) is 12.7. The minimum absolute atomic E-state index is 0.339. The molecule has 5 heteroatoms. The molecule has 0 saturated carbocycles. The van der Waals surface area contributed by atoms with Crippen molar-refractivity contribution in [1.82, 2.24) is 5.32 Å². The summed E-state index contributed by atoms with van der Waals surface area (Å²) < 4.78 is 22.3. The fraction of sp³-hybridized carbons (Fsp3) is 0.625. The molecule has 1 aromatic rings. The topological polar surface area (TPSA) is 49.0 Å². The summed E-state index contributed by atoms with van der Waals surface area (Å²) >= 11 is 0. The lowest BCUT2D eigenvalue weighted by Gasteiger charge is -2.28. The van der Waals surface area contributed by atoms with Gasteiger partial charge in [0.15, 0.2) is 11.5 Å². The van der Waals surface area contributed by atoms with E-state index in [-0.39, 0.29) is 0 Å². The number of benzene rings is 1. The molecule has 2 atom stereocenters. The SMILES string of the molecule is COc1cc(CNC2CCOC(C)C2)cc2c1OCCO2. The van der Waals surface area contributed by atoms with Crippen LogP contribution in [-0.4, -0.2) is 39.1 Å². The molecule has 116 valence electrons. The molecule has 0 amide bonds. The predicted octanol–water partition coefficient (Wildman–Crippen LogP) is 2.12. The first-order valence-electron chi connectivity index (χ1n) is 7.57. The van der Waals surface area contributed by atoms with Crippen LogP contribution >= 0.6 is 0 Å². The molecule has 2 aliphatic rings. The van der Waals surface area contributed by atoms with Gasteiger partial charge in [-0.3, -0.25) is 0 Å². The Balaban J connectivity index is 1.67. The highest BCUT2D eigenvalue weighted by Crippen LogP contribution is 2.40. The van der Waals surface area contributed by atoms with Gasteiger partial charge in [0, 0.05) is 19.2 Å². The van der Waals surface area contributed by atoms with E-state index in [9.17, 15) is 0 Å². The highest BCUT2D eigenvalue weighted by molar-refractivity contribution is 5.54. The van der Waals surface area contributed by atoms with E-state index >= 15 is 0 Å². The highest BCUT2D eigenvalue weighted by Gasteiger charge is 2.21. The normalized spacial score (nSPS) is 24.7. The quantitative estimate of drug-likeness (QED) is 0.921. The van der Waals surface area contributed by atoms with Gasteiger partial charge in [0.1, 0.15) is 13.2 Å². The van der Waals surface area contributed by atoms with Gasteiger partial charge < -0.3 is 24.3 Å². The Kier molecular flexibility index (Phi) is 4.51. The van der Waals surface area contributed by atoms with Crippen molar-refractivity contribution in [2.24, 2.45) is 0 Å². The third-order valence-electron chi connectivity index (χ3n) is 3.97. The van der Waals surface area contributed by atoms with Crippen LogP contribution in [0.4, 0.5) is 0 Å². The van der Waals surface area contributed by atoms with E-state index < -0.39 is 0 Å².